The third kappa shape index (κ3) is 5.38. The van der Waals surface area contributed by atoms with Crippen molar-refractivity contribution in [3.63, 3.8) is 0 Å². The van der Waals surface area contributed by atoms with Crippen LogP contribution < -0.4 is 19.1 Å². The van der Waals surface area contributed by atoms with E-state index in [2.05, 4.69) is 4.72 Å². The number of amides is 1. The molecule has 0 radical (unpaired) electrons. The summed E-state index contributed by atoms with van der Waals surface area (Å²) < 4.78 is 42.5. The average molecular weight is 463 g/mol. The number of carbonyl (C=O) groups excluding carboxylic acids is 2. The fourth-order valence-corrected chi connectivity index (χ4v) is 4.59. The molecule has 32 heavy (non-hydrogen) atoms. The Morgan fingerprint density at radius 1 is 1.06 bits per heavy atom. The summed E-state index contributed by atoms with van der Waals surface area (Å²) in [6, 6.07) is 10.0. The summed E-state index contributed by atoms with van der Waals surface area (Å²) in [5.41, 5.74) is 1.74. The van der Waals surface area contributed by atoms with Crippen LogP contribution in [0.1, 0.15) is 18.9 Å². The number of aryl methyl sites for hydroxylation is 1. The predicted octanol–water partition coefficient (Wildman–Crippen LogP) is 1.89. The highest BCUT2D eigenvalue weighted by Gasteiger charge is 2.27. The number of nitrogens with one attached hydrogen (secondary N) is 1. The Labute approximate surface area is 187 Å². The zero-order valence-electron chi connectivity index (χ0n) is 18.2. The molecule has 0 bridgehead atoms. The van der Waals surface area contributed by atoms with Crippen molar-refractivity contribution in [2.45, 2.75) is 30.7 Å². The van der Waals surface area contributed by atoms with E-state index in [0.717, 1.165) is 24.1 Å². The van der Waals surface area contributed by atoms with Gasteiger partial charge in [0, 0.05) is 12.2 Å². The first-order chi connectivity index (χ1) is 15.2. The summed E-state index contributed by atoms with van der Waals surface area (Å²) in [4.78, 5) is 26.5. The molecule has 1 aliphatic rings. The topological polar surface area (TPSA) is 111 Å². The highest BCUT2D eigenvalue weighted by atomic mass is 32.2. The number of hydrogen-bond acceptors (Lipinski definition) is 7. The van der Waals surface area contributed by atoms with E-state index in [1.165, 1.54) is 38.3 Å². The molecule has 9 nitrogen and oxygen atoms in total. The molecular weight excluding hydrogens is 436 g/mol. The first kappa shape index (κ1) is 23.6. The van der Waals surface area contributed by atoms with Crippen LogP contribution in [0.2, 0.25) is 0 Å². The van der Waals surface area contributed by atoms with Gasteiger partial charge < -0.3 is 19.1 Å². The lowest BCUT2D eigenvalue weighted by molar-refractivity contribution is -0.149. The Kier molecular flexibility index (Phi) is 7.37. The van der Waals surface area contributed by atoms with Crippen molar-refractivity contribution in [2.24, 2.45) is 0 Å². The maximum absolute atomic E-state index is 12.7. The number of nitrogens with zero attached hydrogens (tertiary/aromatic N) is 1. The maximum Gasteiger partial charge on any atom is 0.324 e. The van der Waals surface area contributed by atoms with Gasteiger partial charge in [-0.15, -0.1) is 0 Å². The van der Waals surface area contributed by atoms with Crippen molar-refractivity contribution in [3.05, 3.63) is 48.0 Å². The van der Waals surface area contributed by atoms with Crippen molar-refractivity contribution in [2.75, 3.05) is 32.3 Å². The average Bonchev–Trinajstić information content (AvgIpc) is 2.81. The van der Waals surface area contributed by atoms with Crippen LogP contribution in [0.15, 0.2) is 47.4 Å². The van der Waals surface area contributed by atoms with Crippen molar-refractivity contribution in [3.8, 4) is 11.5 Å². The Morgan fingerprint density at radius 2 is 1.72 bits per heavy atom. The molecular formula is C22H26N2O7S. The molecule has 0 aromatic heterocycles. The van der Waals surface area contributed by atoms with Gasteiger partial charge in [-0.05, 0) is 67.8 Å². The SMILES string of the molecule is COc1ccc(S(=O)(=O)N[C@@H](C)C(=O)OCC(=O)N2CCCc3cc(OC)ccc32)cc1. The van der Waals surface area contributed by atoms with Gasteiger partial charge >= 0.3 is 5.97 Å². The number of esters is 1. The van der Waals surface area contributed by atoms with Gasteiger partial charge in [-0.3, -0.25) is 9.59 Å². The summed E-state index contributed by atoms with van der Waals surface area (Å²) in [7, 11) is -0.896. The van der Waals surface area contributed by atoms with E-state index in [1.807, 2.05) is 6.07 Å². The zero-order chi connectivity index (χ0) is 23.3. The molecule has 0 spiro atoms. The second-order valence-corrected chi connectivity index (χ2v) is 8.98. The Bertz CT molecular complexity index is 1080. The van der Waals surface area contributed by atoms with Crippen LogP contribution in [0.5, 0.6) is 11.5 Å². The molecule has 1 aliphatic heterocycles. The van der Waals surface area contributed by atoms with Crippen molar-refractivity contribution in [1.82, 2.24) is 4.72 Å². The van der Waals surface area contributed by atoms with Crippen molar-refractivity contribution < 1.29 is 32.2 Å². The van der Waals surface area contributed by atoms with Gasteiger partial charge in [0.25, 0.3) is 5.91 Å². The molecule has 1 atom stereocenters. The predicted molar refractivity (Wildman–Crippen MR) is 117 cm³/mol. The Balaban J connectivity index is 1.59. The van der Waals surface area contributed by atoms with Gasteiger partial charge in [-0.1, -0.05) is 0 Å². The van der Waals surface area contributed by atoms with E-state index in [9.17, 15) is 18.0 Å². The standard InChI is InChI=1S/C22H26N2O7S/c1-15(23-32(27,28)19-9-6-17(29-2)7-10-19)22(26)31-14-21(25)24-12-4-5-16-13-18(30-3)8-11-20(16)24/h6-11,13,15,23H,4-5,12,14H2,1-3H3/t15-/m0/s1. The molecule has 2 aromatic carbocycles. The van der Waals surface area contributed by atoms with E-state index in [4.69, 9.17) is 14.2 Å². The van der Waals surface area contributed by atoms with Gasteiger partial charge in [-0.2, -0.15) is 4.72 Å². The van der Waals surface area contributed by atoms with Crippen LogP contribution >= 0.6 is 0 Å². The summed E-state index contributed by atoms with van der Waals surface area (Å²) >= 11 is 0. The Hall–Kier alpha value is -3.11. The number of ether oxygens (including phenoxy) is 3. The second kappa shape index (κ2) is 10.0. The normalized spacial score (nSPS) is 14.3. The molecule has 3 rings (SSSR count). The Morgan fingerprint density at radius 3 is 2.38 bits per heavy atom. The number of methoxy groups -OCH3 is 2. The molecule has 10 heteroatoms. The number of anilines is 1. The molecule has 2 aromatic rings. The molecule has 0 saturated carbocycles. The number of benzene rings is 2. The van der Waals surface area contributed by atoms with E-state index < -0.39 is 28.6 Å². The van der Waals surface area contributed by atoms with Crippen LogP contribution in [-0.2, 0) is 30.8 Å². The van der Waals surface area contributed by atoms with Gasteiger partial charge in [0.2, 0.25) is 10.0 Å². The largest absolute Gasteiger partial charge is 0.497 e. The van der Waals surface area contributed by atoms with Gasteiger partial charge in [0.05, 0.1) is 19.1 Å². The quantitative estimate of drug-likeness (QED) is 0.597. The highest BCUT2D eigenvalue weighted by Crippen LogP contribution is 2.30. The molecule has 0 unspecified atom stereocenters. The fourth-order valence-electron chi connectivity index (χ4n) is 3.40. The maximum atomic E-state index is 12.7. The third-order valence-electron chi connectivity index (χ3n) is 5.10. The van der Waals surface area contributed by atoms with E-state index in [-0.39, 0.29) is 10.8 Å². The third-order valence-corrected chi connectivity index (χ3v) is 6.66. The van der Waals surface area contributed by atoms with Crippen LogP contribution in [0.25, 0.3) is 0 Å². The molecule has 1 heterocycles. The van der Waals surface area contributed by atoms with Crippen molar-refractivity contribution >= 4 is 27.6 Å². The number of rotatable bonds is 8. The lowest BCUT2D eigenvalue weighted by Gasteiger charge is -2.29. The van der Waals surface area contributed by atoms with Crippen LogP contribution in [0, 0.1) is 0 Å². The van der Waals surface area contributed by atoms with Crippen LogP contribution in [0.3, 0.4) is 0 Å². The molecule has 172 valence electrons. The molecule has 0 aliphatic carbocycles. The van der Waals surface area contributed by atoms with Gasteiger partial charge in [0.1, 0.15) is 17.5 Å². The van der Waals surface area contributed by atoms with Crippen LogP contribution in [0.4, 0.5) is 5.69 Å². The van der Waals surface area contributed by atoms with Gasteiger partial charge in [-0.25, -0.2) is 8.42 Å². The summed E-state index contributed by atoms with van der Waals surface area (Å²) in [6.07, 6.45) is 1.60. The minimum Gasteiger partial charge on any atom is -0.497 e. The van der Waals surface area contributed by atoms with E-state index >= 15 is 0 Å². The lowest BCUT2D eigenvalue weighted by atomic mass is 10.0. The second-order valence-electron chi connectivity index (χ2n) is 7.27. The summed E-state index contributed by atoms with van der Waals surface area (Å²) in [5.74, 6) is -0.00725. The summed E-state index contributed by atoms with van der Waals surface area (Å²) in [5, 5.41) is 0. The minimum absolute atomic E-state index is 0.0191. The summed E-state index contributed by atoms with van der Waals surface area (Å²) in [6.45, 7) is 1.38. The molecule has 0 saturated heterocycles. The molecule has 1 amide bonds. The van der Waals surface area contributed by atoms with Crippen molar-refractivity contribution in [1.29, 1.82) is 0 Å². The first-order valence-electron chi connectivity index (χ1n) is 10.1. The highest BCUT2D eigenvalue weighted by molar-refractivity contribution is 7.89. The van der Waals surface area contributed by atoms with E-state index in [0.29, 0.717) is 18.0 Å². The number of fused-ring (bicyclic) bond motifs is 1. The number of hydrogen-bond donors (Lipinski definition) is 1. The smallest absolute Gasteiger partial charge is 0.324 e. The van der Waals surface area contributed by atoms with Crippen LogP contribution in [-0.4, -0.2) is 53.7 Å². The monoisotopic (exact) mass is 462 g/mol. The number of sulfonamides is 1. The fraction of sp³-hybridized carbons (Fsp3) is 0.364. The lowest BCUT2D eigenvalue weighted by Crippen LogP contribution is -2.42. The molecule has 1 N–H and O–H groups in total. The van der Waals surface area contributed by atoms with Gasteiger partial charge in [0.15, 0.2) is 6.61 Å². The minimum atomic E-state index is -3.95. The first-order valence-corrected chi connectivity index (χ1v) is 11.5. The zero-order valence-corrected chi connectivity index (χ0v) is 19.0. The molecule has 0 fully saturated rings. The number of carbonyl (C=O) groups is 2. The van der Waals surface area contributed by atoms with E-state index in [1.54, 1.807) is 24.1 Å².